The Morgan fingerprint density at radius 1 is 1.31 bits per heavy atom. The molecule has 11 heteroatoms. The van der Waals surface area contributed by atoms with Crippen LogP contribution in [0.3, 0.4) is 0 Å². The first kappa shape index (κ1) is 20.3. The summed E-state index contributed by atoms with van der Waals surface area (Å²) < 4.78 is 63.1. The lowest BCUT2D eigenvalue weighted by molar-refractivity contribution is -0.149. The quantitative estimate of drug-likeness (QED) is 0.507. The number of halogens is 6. The molecule has 1 aromatic heterocycles. The van der Waals surface area contributed by atoms with Crippen LogP contribution in [0.1, 0.15) is 18.7 Å². The first-order valence-electron chi connectivity index (χ1n) is 7.14. The van der Waals surface area contributed by atoms with Gasteiger partial charge in [-0.05, 0) is 19.1 Å². The Morgan fingerprint density at radius 2 is 1.96 bits per heavy atom. The number of aryl methyl sites for hydroxylation is 1. The molecule has 0 spiro atoms. The molecule has 0 aliphatic carbocycles. The molecule has 142 valence electrons. The van der Waals surface area contributed by atoms with Crippen LogP contribution in [0.4, 0.5) is 17.6 Å². The Bertz CT molecular complexity index is 830. The average molecular weight is 415 g/mol. The van der Waals surface area contributed by atoms with E-state index in [1.165, 1.54) is 14.0 Å². The Kier molecular flexibility index (Phi) is 6.35. The Labute approximate surface area is 155 Å². The summed E-state index contributed by atoms with van der Waals surface area (Å²) in [7, 11) is 1.25. The lowest BCUT2D eigenvalue weighted by Crippen LogP contribution is -2.12. The third-order valence-corrected chi connectivity index (χ3v) is 3.92. The van der Waals surface area contributed by atoms with E-state index in [-0.39, 0.29) is 28.5 Å². The predicted molar refractivity (Wildman–Crippen MR) is 85.7 cm³/mol. The number of nitrogens with zero attached hydrogens (tertiary/aromatic N) is 2. The van der Waals surface area contributed by atoms with Crippen molar-refractivity contribution in [3.8, 4) is 17.1 Å². The summed E-state index contributed by atoms with van der Waals surface area (Å²) in [4.78, 5) is 11.6. The van der Waals surface area contributed by atoms with Crippen LogP contribution in [-0.4, -0.2) is 29.0 Å². The SMILES string of the molecule is CCOC(=O)C(F)c1cc(-c2nn(C)c(OC(F)F)c2Cl)c(F)cc1Cl. The van der Waals surface area contributed by atoms with E-state index in [0.717, 1.165) is 16.8 Å². The number of carbonyl (C=O) groups is 1. The molecule has 0 aliphatic heterocycles. The molecule has 1 atom stereocenters. The van der Waals surface area contributed by atoms with E-state index in [1.807, 2.05) is 0 Å². The summed E-state index contributed by atoms with van der Waals surface area (Å²) in [6.07, 6.45) is -2.28. The molecule has 0 fully saturated rings. The molecule has 0 aliphatic rings. The van der Waals surface area contributed by atoms with Crippen molar-refractivity contribution in [2.24, 2.45) is 7.05 Å². The molecule has 0 saturated heterocycles. The van der Waals surface area contributed by atoms with Crippen molar-refractivity contribution in [2.45, 2.75) is 19.7 Å². The third kappa shape index (κ3) is 4.04. The number of hydrogen-bond donors (Lipinski definition) is 0. The van der Waals surface area contributed by atoms with Gasteiger partial charge in [0.1, 0.15) is 16.5 Å². The Morgan fingerprint density at radius 3 is 2.54 bits per heavy atom. The summed E-state index contributed by atoms with van der Waals surface area (Å²) in [6, 6.07) is 1.68. The zero-order chi connectivity index (χ0) is 19.6. The molecule has 1 aromatic carbocycles. The van der Waals surface area contributed by atoms with Crippen molar-refractivity contribution in [3.63, 3.8) is 0 Å². The normalized spacial score (nSPS) is 12.3. The lowest BCUT2D eigenvalue weighted by Gasteiger charge is -2.12. The van der Waals surface area contributed by atoms with Gasteiger partial charge in [-0.15, -0.1) is 0 Å². The smallest absolute Gasteiger partial charge is 0.388 e. The molecule has 5 nitrogen and oxygen atoms in total. The van der Waals surface area contributed by atoms with Crippen LogP contribution in [0, 0.1) is 5.82 Å². The molecular formula is C15H12Cl2F4N2O3. The van der Waals surface area contributed by atoms with Gasteiger partial charge in [0, 0.05) is 18.2 Å². The van der Waals surface area contributed by atoms with Gasteiger partial charge < -0.3 is 9.47 Å². The minimum atomic E-state index is -3.18. The second-order valence-corrected chi connectivity index (χ2v) is 5.72. The fourth-order valence-corrected chi connectivity index (χ4v) is 2.70. The molecule has 1 unspecified atom stereocenters. The molecule has 2 rings (SSSR count). The maximum atomic E-state index is 14.3. The van der Waals surface area contributed by atoms with Crippen LogP contribution in [0.2, 0.25) is 10.0 Å². The monoisotopic (exact) mass is 414 g/mol. The fraction of sp³-hybridized carbons (Fsp3) is 0.333. The van der Waals surface area contributed by atoms with Crippen LogP contribution < -0.4 is 4.74 Å². The topological polar surface area (TPSA) is 53.3 Å². The number of esters is 1. The first-order valence-corrected chi connectivity index (χ1v) is 7.90. The van der Waals surface area contributed by atoms with E-state index in [0.29, 0.717) is 0 Å². The molecule has 0 amide bonds. The molecule has 0 bridgehead atoms. The zero-order valence-electron chi connectivity index (χ0n) is 13.4. The van der Waals surface area contributed by atoms with Crippen molar-refractivity contribution in [2.75, 3.05) is 6.61 Å². The second kappa shape index (κ2) is 8.13. The fourth-order valence-electron chi connectivity index (χ4n) is 2.15. The summed E-state index contributed by atoms with van der Waals surface area (Å²) in [5.74, 6) is -2.66. The maximum Gasteiger partial charge on any atom is 0.388 e. The zero-order valence-corrected chi connectivity index (χ0v) is 14.9. The van der Waals surface area contributed by atoms with E-state index in [1.54, 1.807) is 0 Å². The molecule has 0 radical (unpaired) electrons. The average Bonchev–Trinajstić information content (AvgIpc) is 2.82. The van der Waals surface area contributed by atoms with Crippen molar-refractivity contribution in [1.29, 1.82) is 0 Å². The highest BCUT2D eigenvalue weighted by Gasteiger charge is 2.28. The van der Waals surface area contributed by atoms with Gasteiger partial charge in [0.25, 0.3) is 0 Å². The van der Waals surface area contributed by atoms with Gasteiger partial charge in [0.15, 0.2) is 0 Å². The highest BCUT2D eigenvalue weighted by Crippen LogP contribution is 2.39. The summed E-state index contributed by atoms with van der Waals surface area (Å²) >= 11 is 11.7. The third-order valence-electron chi connectivity index (χ3n) is 3.25. The van der Waals surface area contributed by atoms with E-state index >= 15 is 0 Å². The standard InChI is InChI=1S/C15H12Cl2F4N2O3/c1-3-25-14(24)11(19)6-4-7(9(18)5-8(6)16)12-10(17)13(23(2)22-12)26-15(20)21/h4-5,11,15H,3H2,1-2H3. The van der Waals surface area contributed by atoms with Gasteiger partial charge in [0.2, 0.25) is 12.1 Å². The van der Waals surface area contributed by atoms with E-state index < -0.39 is 35.5 Å². The van der Waals surface area contributed by atoms with Crippen LogP contribution in [0.15, 0.2) is 12.1 Å². The van der Waals surface area contributed by atoms with Gasteiger partial charge in [0.05, 0.1) is 11.6 Å². The number of benzene rings is 1. The number of hydrogen-bond acceptors (Lipinski definition) is 4. The number of carbonyl (C=O) groups excluding carboxylic acids is 1. The van der Waals surface area contributed by atoms with Crippen molar-refractivity contribution in [1.82, 2.24) is 9.78 Å². The summed E-state index contributed by atoms with van der Waals surface area (Å²) in [5, 5.41) is 3.04. The van der Waals surface area contributed by atoms with Gasteiger partial charge in [-0.25, -0.2) is 18.3 Å². The minimum absolute atomic E-state index is 0.0642. The molecule has 1 heterocycles. The number of aromatic nitrogens is 2. The molecule has 0 saturated carbocycles. The second-order valence-electron chi connectivity index (χ2n) is 4.94. The summed E-state index contributed by atoms with van der Waals surface area (Å²) in [5.41, 5.74) is -1.00. The van der Waals surface area contributed by atoms with Gasteiger partial charge in [-0.3, -0.25) is 0 Å². The summed E-state index contributed by atoms with van der Waals surface area (Å²) in [6.45, 7) is -1.76. The van der Waals surface area contributed by atoms with Crippen LogP contribution in [0.25, 0.3) is 11.3 Å². The number of ether oxygens (including phenoxy) is 2. The largest absolute Gasteiger partial charge is 0.464 e. The van der Waals surface area contributed by atoms with Crippen molar-refractivity contribution in [3.05, 3.63) is 33.6 Å². The van der Waals surface area contributed by atoms with Crippen molar-refractivity contribution >= 4 is 29.2 Å². The van der Waals surface area contributed by atoms with E-state index in [2.05, 4.69) is 14.6 Å². The van der Waals surface area contributed by atoms with Crippen LogP contribution in [-0.2, 0) is 16.6 Å². The first-order chi connectivity index (χ1) is 12.2. The maximum absolute atomic E-state index is 14.3. The lowest BCUT2D eigenvalue weighted by atomic mass is 10.0. The Hall–Kier alpha value is -2.00. The predicted octanol–water partition coefficient (Wildman–Crippen LogP) is 4.71. The number of rotatable bonds is 6. The highest BCUT2D eigenvalue weighted by molar-refractivity contribution is 6.34. The van der Waals surface area contributed by atoms with Gasteiger partial charge >= 0.3 is 12.6 Å². The van der Waals surface area contributed by atoms with Crippen molar-refractivity contribution < 1.29 is 31.8 Å². The molecule has 26 heavy (non-hydrogen) atoms. The number of alkyl halides is 3. The van der Waals surface area contributed by atoms with E-state index in [4.69, 9.17) is 23.2 Å². The Balaban J connectivity index is 2.54. The van der Waals surface area contributed by atoms with Gasteiger partial charge in [-0.1, -0.05) is 23.2 Å². The van der Waals surface area contributed by atoms with Gasteiger partial charge in [-0.2, -0.15) is 13.9 Å². The molecule has 0 N–H and O–H groups in total. The minimum Gasteiger partial charge on any atom is -0.464 e. The van der Waals surface area contributed by atoms with Crippen LogP contribution in [0.5, 0.6) is 5.88 Å². The molecular weight excluding hydrogens is 403 g/mol. The van der Waals surface area contributed by atoms with E-state index in [9.17, 15) is 22.4 Å². The van der Waals surface area contributed by atoms with Crippen LogP contribution >= 0.6 is 23.2 Å². The highest BCUT2D eigenvalue weighted by atomic mass is 35.5. The molecule has 2 aromatic rings.